The van der Waals surface area contributed by atoms with Gasteiger partial charge in [0.05, 0.1) is 13.0 Å². The minimum Gasteiger partial charge on any atom is -0.508 e. The van der Waals surface area contributed by atoms with E-state index in [4.69, 9.17) is 4.74 Å². The molecule has 6 heteroatoms. The third-order valence-corrected chi connectivity index (χ3v) is 5.25. The minimum atomic E-state index is -1.09. The van der Waals surface area contributed by atoms with Gasteiger partial charge in [0.1, 0.15) is 29.0 Å². The predicted octanol–water partition coefficient (Wildman–Crippen LogP) is 3.53. The van der Waals surface area contributed by atoms with Crippen molar-refractivity contribution >= 4 is 5.91 Å². The molecule has 2 atom stereocenters. The quantitative estimate of drug-likeness (QED) is 0.777. The van der Waals surface area contributed by atoms with Gasteiger partial charge in [-0.3, -0.25) is 4.79 Å². The fourth-order valence-electron chi connectivity index (χ4n) is 3.92. The Kier molecular flexibility index (Phi) is 6.42. The molecular formula is C23H28FNO4. The standard InChI is InChI=1S/C23H28FNO4/c1-16(2)14-23(28)9-10-25(22(27)12-17-5-3-7-19(26)11-17)15-21(23)29-20-8-4-6-18(24)13-20/h3-8,11,13,16,21,26,28H,9-10,12,14-15H2,1-2H3/t21-,23+/m0/s1. The SMILES string of the molecule is CC(C)C[C@]1(O)CCN(C(=O)Cc2cccc(O)c2)C[C@@H]1Oc1cccc(F)c1. The molecule has 0 aromatic heterocycles. The molecule has 0 bridgehead atoms. The average molecular weight is 401 g/mol. The number of hydrogen-bond donors (Lipinski definition) is 2. The smallest absolute Gasteiger partial charge is 0.227 e. The highest BCUT2D eigenvalue weighted by Gasteiger charge is 2.44. The van der Waals surface area contributed by atoms with E-state index in [-0.39, 0.29) is 30.5 Å². The Balaban J connectivity index is 1.76. The Morgan fingerprint density at radius 3 is 2.72 bits per heavy atom. The van der Waals surface area contributed by atoms with Gasteiger partial charge in [0.15, 0.2) is 0 Å². The van der Waals surface area contributed by atoms with E-state index in [0.717, 1.165) is 5.56 Å². The molecule has 1 heterocycles. The van der Waals surface area contributed by atoms with Gasteiger partial charge in [-0.15, -0.1) is 0 Å². The van der Waals surface area contributed by atoms with E-state index in [0.29, 0.717) is 25.1 Å². The molecule has 5 nitrogen and oxygen atoms in total. The van der Waals surface area contributed by atoms with Crippen LogP contribution in [0.4, 0.5) is 4.39 Å². The first-order valence-corrected chi connectivity index (χ1v) is 9.95. The van der Waals surface area contributed by atoms with E-state index in [2.05, 4.69) is 0 Å². The number of ether oxygens (including phenoxy) is 1. The Labute approximate surface area is 170 Å². The van der Waals surface area contributed by atoms with E-state index in [1.54, 1.807) is 41.3 Å². The molecule has 0 aliphatic carbocycles. The summed E-state index contributed by atoms with van der Waals surface area (Å²) in [6.07, 6.45) is 0.413. The lowest BCUT2D eigenvalue weighted by atomic mass is 9.81. The van der Waals surface area contributed by atoms with Crippen molar-refractivity contribution in [3.63, 3.8) is 0 Å². The molecule has 29 heavy (non-hydrogen) atoms. The summed E-state index contributed by atoms with van der Waals surface area (Å²) in [5.74, 6) is 0.178. The summed E-state index contributed by atoms with van der Waals surface area (Å²) in [5.41, 5.74) is -0.372. The highest BCUT2D eigenvalue weighted by molar-refractivity contribution is 5.79. The van der Waals surface area contributed by atoms with Crippen LogP contribution in [0, 0.1) is 11.7 Å². The third-order valence-electron chi connectivity index (χ3n) is 5.25. The van der Waals surface area contributed by atoms with Gasteiger partial charge in [0.2, 0.25) is 5.91 Å². The van der Waals surface area contributed by atoms with Crippen molar-refractivity contribution in [2.45, 2.75) is 44.8 Å². The molecule has 2 N–H and O–H groups in total. The lowest BCUT2D eigenvalue weighted by Crippen LogP contribution is -2.59. The van der Waals surface area contributed by atoms with Crippen LogP contribution in [0.2, 0.25) is 0 Å². The van der Waals surface area contributed by atoms with Crippen molar-refractivity contribution in [3.05, 3.63) is 59.9 Å². The zero-order valence-corrected chi connectivity index (χ0v) is 16.8. The molecule has 1 saturated heterocycles. The van der Waals surface area contributed by atoms with Crippen LogP contribution in [0.15, 0.2) is 48.5 Å². The van der Waals surface area contributed by atoms with Crippen molar-refractivity contribution in [1.82, 2.24) is 4.90 Å². The van der Waals surface area contributed by atoms with E-state index < -0.39 is 17.5 Å². The molecule has 0 unspecified atom stereocenters. The number of hydrogen-bond acceptors (Lipinski definition) is 4. The number of likely N-dealkylation sites (tertiary alicyclic amines) is 1. The molecule has 1 amide bonds. The molecule has 1 fully saturated rings. The van der Waals surface area contributed by atoms with Gasteiger partial charge in [0, 0.05) is 12.6 Å². The molecule has 2 aromatic rings. The van der Waals surface area contributed by atoms with Crippen molar-refractivity contribution < 1.29 is 24.1 Å². The molecular weight excluding hydrogens is 373 g/mol. The van der Waals surface area contributed by atoms with Gasteiger partial charge in [-0.1, -0.05) is 32.0 Å². The first-order valence-electron chi connectivity index (χ1n) is 9.95. The number of carbonyl (C=O) groups excluding carboxylic acids is 1. The van der Waals surface area contributed by atoms with Crippen molar-refractivity contribution in [2.75, 3.05) is 13.1 Å². The maximum Gasteiger partial charge on any atom is 0.227 e. The monoisotopic (exact) mass is 401 g/mol. The molecule has 156 valence electrons. The number of nitrogens with zero attached hydrogens (tertiary/aromatic N) is 1. The summed E-state index contributed by atoms with van der Waals surface area (Å²) < 4.78 is 19.6. The van der Waals surface area contributed by atoms with Gasteiger partial charge < -0.3 is 19.8 Å². The lowest BCUT2D eigenvalue weighted by Gasteiger charge is -2.45. The Hall–Kier alpha value is -2.60. The van der Waals surface area contributed by atoms with Gasteiger partial charge >= 0.3 is 0 Å². The normalized spacial score (nSPS) is 22.0. The fraction of sp³-hybridized carbons (Fsp3) is 0.435. The summed E-state index contributed by atoms with van der Waals surface area (Å²) >= 11 is 0. The number of carbonyl (C=O) groups is 1. The molecule has 1 aliphatic rings. The van der Waals surface area contributed by atoms with Crippen LogP contribution in [0.1, 0.15) is 32.3 Å². The van der Waals surface area contributed by atoms with Crippen LogP contribution in [0.25, 0.3) is 0 Å². The number of amides is 1. The van der Waals surface area contributed by atoms with Crippen molar-refractivity contribution in [1.29, 1.82) is 0 Å². The van der Waals surface area contributed by atoms with E-state index in [9.17, 15) is 19.4 Å². The number of aliphatic hydroxyl groups is 1. The second-order valence-corrected chi connectivity index (χ2v) is 8.20. The fourth-order valence-corrected chi connectivity index (χ4v) is 3.92. The summed E-state index contributed by atoms with van der Waals surface area (Å²) in [6, 6.07) is 12.4. The first-order chi connectivity index (χ1) is 13.7. The number of phenolic OH excluding ortho intramolecular Hbond substituents is 1. The predicted molar refractivity (Wildman–Crippen MR) is 108 cm³/mol. The minimum absolute atomic E-state index is 0.102. The molecule has 0 radical (unpaired) electrons. The van der Waals surface area contributed by atoms with Crippen LogP contribution >= 0.6 is 0 Å². The number of halogens is 1. The summed E-state index contributed by atoms with van der Waals surface area (Å²) in [4.78, 5) is 14.5. The molecule has 3 rings (SSSR count). The highest BCUT2D eigenvalue weighted by atomic mass is 19.1. The van der Waals surface area contributed by atoms with Crippen LogP contribution in [0.5, 0.6) is 11.5 Å². The molecule has 2 aromatic carbocycles. The first kappa shape index (κ1) is 21.1. The van der Waals surface area contributed by atoms with Crippen LogP contribution < -0.4 is 4.74 Å². The van der Waals surface area contributed by atoms with Crippen LogP contribution in [-0.2, 0) is 11.2 Å². The second kappa shape index (κ2) is 8.82. The van der Waals surface area contributed by atoms with Crippen LogP contribution in [0.3, 0.4) is 0 Å². The number of benzene rings is 2. The molecule has 1 aliphatic heterocycles. The number of aromatic hydroxyl groups is 1. The summed E-state index contributed by atoms with van der Waals surface area (Å²) in [5, 5.41) is 20.9. The average Bonchev–Trinajstić information content (AvgIpc) is 2.63. The molecule has 0 spiro atoms. The Morgan fingerprint density at radius 2 is 2.03 bits per heavy atom. The largest absolute Gasteiger partial charge is 0.508 e. The van der Waals surface area contributed by atoms with Crippen molar-refractivity contribution in [3.8, 4) is 11.5 Å². The topological polar surface area (TPSA) is 70.0 Å². The third kappa shape index (κ3) is 5.48. The van der Waals surface area contributed by atoms with Gasteiger partial charge in [0.25, 0.3) is 0 Å². The zero-order chi connectivity index (χ0) is 21.0. The Morgan fingerprint density at radius 1 is 1.28 bits per heavy atom. The molecule has 0 saturated carbocycles. The number of phenols is 1. The summed E-state index contributed by atoms with van der Waals surface area (Å²) in [6.45, 7) is 4.69. The van der Waals surface area contributed by atoms with Gasteiger partial charge in [-0.05, 0) is 48.6 Å². The van der Waals surface area contributed by atoms with E-state index in [1.165, 1.54) is 12.1 Å². The second-order valence-electron chi connectivity index (χ2n) is 8.20. The lowest BCUT2D eigenvalue weighted by molar-refractivity contribution is -0.147. The number of rotatable bonds is 6. The zero-order valence-electron chi connectivity index (χ0n) is 16.8. The van der Waals surface area contributed by atoms with E-state index >= 15 is 0 Å². The highest BCUT2D eigenvalue weighted by Crippen LogP contribution is 2.33. The maximum absolute atomic E-state index is 13.6. The maximum atomic E-state index is 13.6. The van der Waals surface area contributed by atoms with Gasteiger partial charge in [-0.2, -0.15) is 0 Å². The summed E-state index contributed by atoms with van der Waals surface area (Å²) in [7, 11) is 0. The van der Waals surface area contributed by atoms with E-state index in [1.807, 2.05) is 13.8 Å². The Bertz CT molecular complexity index is 856. The van der Waals surface area contributed by atoms with Crippen molar-refractivity contribution in [2.24, 2.45) is 5.92 Å². The van der Waals surface area contributed by atoms with Gasteiger partial charge in [-0.25, -0.2) is 4.39 Å². The number of piperidine rings is 1. The van der Waals surface area contributed by atoms with Crippen LogP contribution in [-0.4, -0.2) is 45.8 Å².